The zero-order valence-corrected chi connectivity index (χ0v) is 12.7. The van der Waals surface area contributed by atoms with Crippen molar-refractivity contribution in [1.82, 2.24) is 0 Å². The number of carbonyl (C=O) groups excluding carboxylic acids is 2. The maximum atomic E-state index is 12.3. The molecule has 1 amide bonds. The van der Waals surface area contributed by atoms with Gasteiger partial charge in [0.25, 0.3) is 0 Å². The van der Waals surface area contributed by atoms with Crippen LogP contribution in [0.25, 0.3) is 0 Å². The van der Waals surface area contributed by atoms with Gasteiger partial charge in [0.15, 0.2) is 11.5 Å². The molecular formula is C15H18N2O5. The van der Waals surface area contributed by atoms with E-state index in [4.69, 9.17) is 14.2 Å². The van der Waals surface area contributed by atoms with Crippen molar-refractivity contribution in [3.63, 3.8) is 0 Å². The van der Waals surface area contributed by atoms with Crippen molar-refractivity contribution in [3.8, 4) is 11.5 Å². The fraction of sp³-hybridized carbons (Fsp3) is 0.467. The van der Waals surface area contributed by atoms with Crippen molar-refractivity contribution in [2.45, 2.75) is 32.9 Å². The lowest BCUT2D eigenvalue weighted by atomic mass is 10.1. The molecule has 2 aliphatic heterocycles. The van der Waals surface area contributed by atoms with Crippen molar-refractivity contribution in [2.75, 3.05) is 23.6 Å². The van der Waals surface area contributed by atoms with Crippen molar-refractivity contribution >= 4 is 23.3 Å². The van der Waals surface area contributed by atoms with Crippen LogP contribution in [0.5, 0.6) is 11.5 Å². The number of rotatable bonds is 3. The highest BCUT2D eigenvalue weighted by molar-refractivity contribution is 6.07. The topological polar surface area (TPSA) is 77.1 Å². The summed E-state index contributed by atoms with van der Waals surface area (Å²) in [7, 11) is 0. The molecule has 7 nitrogen and oxygen atoms in total. The van der Waals surface area contributed by atoms with Crippen molar-refractivity contribution in [1.29, 1.82) is 0 Å². The van der Waals surface area contributed by atoms with Crippen LogP contribution < -0.4 is 19.7 Å². The molecule has 3 rings (SSSR count). The largest absolute Gasteiger partial charge is 0.461 e. The van der Waals surface area contributed by atoms with Gasteiger partial charge in [-0.25, -0.2) is 4.79 Å². The monoisotopic (exact) mass is 306 g/mol. The summed E-state index contributed by atoms with van der Waals surface area (Å²) >= 11 is 0. The fourth-order valence-electron chi connectivity index (χ4n) is 2.52. The van der Waals surface area contributed by atoms with Gasteiger partial charge in [0.05, 0.1) is 24.0 Å². The van der Waals surface area contributed by atoms with E-state index >= 15 is 0 Å². The van der Waals surface area contributed by atoms with E-state index < -0.39 is 12.0 Å². The molecule has 0 fully saturated rings. The highest BCUT2D eigenvalue weighted by Crippen LogP contribution is 2.43. The lowest BCUT2D eigenvalue weighted by molar-refractivity contribution is -0.149. The third-order valence-electron chi connectivity index (χ3n) is 3.53. The van der Waals surface area contributed by atoms with Crippen molar-refractivity contribution in [2.24, 2.45) is 0 Å². The zero-order chi connectivity index (χ0) is 15.9. The molecule has 1 unspecified atom stereocenters. The molecule has 0 aromatic heterocycles. The maximum absolute atomic E-state index is 12.3. The van der Waals surface area contributed by atoms with Gasteiger partial charge in [-0.15, -0.1) is 0 Å². The fourth-order valence-corrected chi connectivity index (χ4v) is 2.52. The van der Waals surface area contributed by atoms with E-state index in [1.807, 2.05) is 0 Å². The van der Waals surface area contributed by atoms with E-state index in [1.165, 1.54) is 4.90 Å². The van der Waals surface area contributed by atoms with Gasteiger partial charge in [-0.05, 0) is 20.8 Å². The summed E-state index contributed by atoms with van der Waals surface area (Å²) in [6.07, 6.45) is -0.232. The molecule has 2 aliphatic rings. The lowest BCUT2D eigenvalue weighted by Crippen LogP contribution is -2.49. The summed E-state index contributed by atoms with van der Waals surface area (Å²) in [6.45, 7) is 5.47. The van der Waals surface area contributed by atoms with Crippen LogP contribution in [0.15, 0.2) is 12.1 Å². The van der Waals surface area contributed by atoms with E-state index in [-0.39, 0.29) is 25.3 Å². The number of ether oxygens (including phenoxy) is 3. The Bertz CT molecular complexity index is 629. The molecule has 1 atom stereocenters. The number of fused-ring (bicyclic) bond motifs is 2. The van der Waals surface area contributed by atoms with E-state index in [0.717, 1.165) is 5.69 Å². The van der Waals surface area contributed by atoms with E-state index in [9.17, 15) is 9.59 Å². The highest BCUT2D eigenvalue weighted by atomic mass is 16.7. The first-order valence-electron chi connectivity index (χ1n) is 7.17. The average molecular weight is 306 g/mol. The van der Waals surface area contributed by atoms with Gasteiger partial charge in [-0.1, -0.05) is 0 Å². The molecule has 0 saturated heterocycles. The van der Waals surface area contributed by atoms with Crippen LogP contribution in [-0.2, 0) is 14.3 Å². The Morgan fingerprint density at radius 2 is 1.95 bits per heavy atom. The minimum atomic E-state index is -0.712. The lowest BCUT2D eigenvalue weighted by Gasteiger charge is -2.34. The Labute approximate surface area is 128 Å². The number of amides is 1. The van der Waals surface area contributed by atoms with Gasteiger partial charge >= 0.3 is 5.97 Å². The summed E-state index contributed by atoms with van der Waals surface area (Å²) in [5.74, 6) is 0.552. The first kappa shape index (κ1) is 14.5. The number of hydrogen-bond acceptors (Lipinski definition) is 6. The number of anilines is 2. The first-order valence-corrected chi connectivity index (χ1v) is 7.17. The smallest absolute Gasteiger partial charge is 0.329 e. The van der Waals surface area contributed by atoms with Crippen LogP contribution in [0.1, 0.15) is 20.8 Å². The molecule has 0 bridgehead atoms. The number of nitrogens with one attached hydrogen (secondary N) is 1. The number of benzene rings is 1. The Kier molecular flexibility index (Phi) is 3.56. The third kappa shape index (κ3) is 2.43. The molecule has 1 aromatic rings. The standard InChI is InChI=1S/C15H18N2O5/c1-8(2)22-15(19)9(3)17-11-5-13-12(20-7-21-13)4-10(11)16-6-14(17)18/h4-5,8-9,16H,6-7H2,1-3H3. The maximum Gasteiger partial charge on any atom is 0.329 e. The van der Waals surface area contributed by atoms with E-state index in [0.29, 0.717) is 17.2 Å². The van der Waals surface area contributed by atoms with Crippen molar-refractivity contribution in [3.05, 3.63) is 12.1 Å². The second-order valence-electron chi connectivity index (χ2n) is 5.50. The molecule has 1 aromatic carbocycles. The molecule has 7 heteroatoms. The Morgan fingerprint density at radius 3 is 2.64 bits per heavy atom. The second kappa shape index (κ2) is 5.40. The summed E-state index contributed by atoms with van der Waals surface area (Å²) < 4.78 is 15.9. The summed E-state index contributed by atoms with van der Waals surface area (Å²) in [6, 6.07) is 2.77. The molecule has 118 valence electrons. The Hall–Kier alpha value is -2.44. The van der Waals surface area contributed by atoms with Crippen LogP contribution >= 0.6 is 0 Å². The first-order chi connectivity index (χ1) is 10.5. The van der Waals surface area contributed by atoms with Crippen LogP contribution in [0.2, 0.25) is 0 Å². The van der Waals surface area contributed by atoms with E-state index in [2.05, 4.69) is 5.32 Å². The summed E-state index contributed by atoms with van der Waals surface area (Å²) in [5, 5.41) is 3.03. The third-order valence-corrected chi connectivity index (χ3v) is 3.53. The minimum absolute atomic E-state index is 0.117. The predicted octanol–water partition coefficient (Wildman–Crippen LogP) is 1.51. The Morgan fingerprint density at radius 1 is 1.27 bits per heavy atom. The zero-order valence-electron chi connectivity index (χ0n) is 12.7. The second-order valence-corrected chi connectivity index (χ2v) is 5.50. The number of esters is 1. The van der Waals surface area contributed by atoms with Crippen LogP contribution in [0.4, 0.5) is 11.4 Å². The quantitative estimate of drug-likeness (QED) is 0.853. The van der Waals surface area contributed by atoms with Crippen LogP contribution in [0.3, 0.4) is 0 Å². The van der Waals surface area contributed by atoms with Gasteiger partial charge < -0.3 is 19.5 Å². The molecule has 0 aliphatic carbocycles. The van der Waals surface area contributed by atoms with E-state index in [1.54, 1.807) is 32.9 Å². The highest BCUT2D eigenvalue weighted by Gasteiger charge is 2.34. The SMILES string of the molecule is CC(C)OC(=O)C(C)N1C(=O)CNc2cc3c(cc21)OCO3. The van der Waals surface area contributed by atoms with Gasteiger partial charge in [0.2, 0.25) is 12.7 Å². The van der Waals surface area contributed by atoms with Crippen LogP contribution in [-0.4, -0.2) is 37.4 Å². The van der Waals surface area contributed by atoms with Gasteiger partial charge in [-0.3, -0.25) is 9.69 Å². The molecule has 0 spiro atoms. The normalized spacial score (nSPS) is 17.1. The average Bonchev–Trinajstić information content (AvgIpc) is 2.91. The molecule has 0 saturated carbocycles. The Balaban J connectivity index is 1.95. The van der Waals surface area contributed by atoms with Gasteiger partial charge in [-0.2, -0.15) is 0 Å². The van der Waals surface area contributed by atoms with Crippen LogP contribution in [0, 0.1) is 0 Å². The number of nitrogens with zero attached hydrogens (tertiary/aromatic N) is 1. The summed E-state index contributed by atoms with van der Waals surface area (Å²) in [5.41, 5.74) is 1.32. The van der Waals surface area contributed by atoms with Gasteiger partial charge in [0, 0.05) is 12.1 Å². The van der Waals surface area contributed by atoms with Gasteiger partial charge in [0.1, 0.15) is 6.04 Å². The molecule has 0 radical (unpaired) electrons. The summed E-state index contributed by atoms with van der Waals surface area (Å²) in [4.78, 5) is 25.9. The molecule has 1 N–H and O–H groups in total. The molecule has 2 heterocycles. The minimum Gasteiger partial charge on any atom is -0.461 e. The van der Waals surface area contributed by atoms with Crippen molar-refractivity contribution < 1.29 is 23.8 Å². The number of hydrogen-bond donors (Lipinski definition) is 1. The molecular weight excluding hydrogens is 288 g/mol. The molecule has 22 heavy (non-hydrogen) atoms. The number of carbonyl (C=O) groups is 2. The predicted molar refractivity (Wildman–Crippen MR) is 79.2 cm³/mol.